The maximum absolute atomic E-state index is 3.60. The summed E-state index contributed by atoms with van der Waals surface area (Å²) in [6.45, 7) is 5.27. The van der Waals surface area contributed by atoms with Crippen LogP contribution in [-0.2, 0) is 0 Å². The van der Waals surface area contributed by atoms with E-state index in [2.05, 4.69) is 17.3 Å². The van der Waals surface area contributed by atoms with E-state index in [1.807, 2.05) is 0 Å². The van der Waals surface area contributed by atoms with E-state index in [1.165, 1.54) is 58.3 Å². The van der Waals surface area contributed by atoms with Gasteiger partial charge in [-0.3, -0.25) is 0 Å². The third-order valence-electron chi connectivity index (χ3n) is 5.09. The molecule has 1 saturated carbocycles. The van der Waals surface area contributed by atoms with Crippen molar-refractivity contribution in [3.63, 3.8) is 0 Å². The van der Waals surface area contributed by atoms with Gasteiger partial charge in [0.15, 0.2) is 0 Å². The summed E-state index contributed by atoms with van der Waals surface area (Å²) >= 11 is 0. The number of rotatable bonds is 1. The van der Waals surface area contributed by atoms with Crippen molar-refractivity contribution in [2.75, 3.05) is 33.2 Å². The minimum absolute atomic E-state index is 0.763. The van der Waals surface area contributed by atoms with Crippen LogP contribution in [0.4, 0.5) is 0 Å². The second-order valence-corrected chi connectivity index (χ2v) is 6.09. The van der Waals surface area contributed by atoms with Gasteiger partial charge in [-0.15, -0.1) is 0 Å². The summed E-state index contributed by atoms with van der Waals surface area (Å²) in [5.41, 5.74) is 0.763. The number of hydrogen-bond donors (Lipinski definition) is 1. The summed E-state index contributed by atoms with van der Waals surface area (Å²) in [5.74, 6) is 2.14. The van der Waals surface area contributed by atoms with E-state index in [9.17, 15) is 0 Å². The Morgan fingerprint density at radius 2 is 2.07 bits per heavy atom. The van der Waals surface area contributed by atoms with Gasteiger partial charge in [0.2, 0.25) is 0 Å². The molecule has 1 N–H and O–H groups in total. The van der Waals surface area contributed by atoms with E-state index in [1.54, 1.807) is 0 Å². The molecule has 3 aliphatic rings. The summed E-state index contributed by atoms with van der Waals surface area (Å²) in [6.07, 6.45) is 7.39. The molecule has 2 aliphatic heterocycles. The Bertz CT molecular complexity index is 225. The lowest BCUT2D eigenvalue weighted by Crippen LogP contribution is -2.36. The van der Waals surface area contributed by atoms with Gasteiger partial charge < -0.3 is 10.2 Å². The van der Waals surface area contributed by atoms with Crippen LogP contribution in [0.2, 0.25) is 0 Å². The number of likely N-dealkylation sites (tertiary alicyclic amines) is 1. The SMILES string of the molecule is CN1CCC(C2CC23CCCNC3)CC1. The maximum atomic E-state index is 3.60. The zero-order chi connectivity index (χ0) is 10.3. The molecule has 2 heteroatoms. The van der Waals surface area contributed by atoms with Gasteiger partial charge in [-0.25, -0.2) is 0 Å². The lowest BCUT2D eigenvalue weighted by atomic mass is 9.84. The quantitative estimate of drug-likeness (QED) is 0.706. The monoisotopic (exact) mass is 208 g/mol. The predicted molar refractivity (Wildman–Crippen MR) is 62.9 cm³/mol. The van der Waals surface area contributed by atoms with Crippen molar-refractivity contribution in [1.82, 2.24) is 10.2 Å². The fraction of sp³-hybridized carbons (Fsp3) is 1.00. The van der Waals surface area contributed by atoms with Crippen LogP contribution in [0.3, 0.4) is 0 Å². The molecule has 2 heterocycles. The normalized spacial score (nSPS) is 43.4. The first-order valence-electron chi connectivity index (χ1n) is 6.69. The van der Waals surface area contributed by atoms with E-state index >= 15 is 0 Å². The highest BCUT2D eigenvalue weighted by Gasteiger charge is 2.56. The molecule has 2 atom stereocenters. The zero-order valence-electron chi connectivity index (χ0n) is 9.97. The number of nitrogens with zero attached hydrogens (tertiary/aromatic N) is 1. The van der Waals surface area contributed by atoms with E-state index in [0.29, 0.717) is 0 Å². The van der Waals surface area contributed by atoms with E-state index in [0.717, 1.165) is 17.3 Å². The van der Waals surface area contributed by atoms with Gasteiger partial charge >= 0.3 is 0 Å². The molecule has 2 saturated heterocycles. The Morgan fingerprint density at radius 3 is 2.73 bits per heavy atom. The average molecular weight is 208 g/mol. The van der Waals surface area contributed by atoms with Gasteiger partial charge in [0, 0.05) is 6.54 Å². The summed E-state index contributed by atoms with van der Waals surface area (Å²) in [7, 11) is 2.26. The molecule has 0 aromatic heterocycles. The van der Waals surface area contributed by atoms with Crippen LogP contribution in [0.15, 0.2) is 0 Å². The molecular weight excluding hydrogens is 184 g/mol. The fourth-order valence-corrected chi connectivity index (χ4v) is 3.96. The van der Waals surface area contributed by atoms with Crippen LogP contribution in [0, 0.1) is 17.3 Å². The van der Waals surface area contributed by atoms with Crippen molar-refractivity contribution in [2.24, 2.45) is 17.3 Å². The lowest BCUT2D eigenvalue weighted by Gasteiger charge is -2.32. The van der Waals surface area contributed by atoms with Gasteiger partial charge in [0.25, 0.3) is 0 Å². The molecule has 0 aromatic rings. The second-order valence-electron chi connectivity index (χ2n) is 6.09. The fourth-order valence-electron chi connectivity index (χ4n) is 3.96. The topological polar surface area (TPSA) is 15.3 Å². The Labute approximate surface area is 93.4 Å². The van der Waals surface area contributed by atoms with Gasteiger partial charge in [-0.1, -0.05) is 0 Å². The van der Waals surface area contributed by atoms with Crippen molar-refractivity contribution >= 4 is 0 Å². The molecule has 0 radical (unpaired) electrons. The van der Waals surface area contributed by atoms with Gasteiger partial charge in [-0.05, 0) is 76.0 Å². The van der Waals surface area contributed by atoms with E-state index in [4.69, 9.17) is 0 Å². The molecule has 86 valence electrons. The molecule has 0 aromatic carbocycles. The first-order chi connectivity index (χ1) is 7.30. The highest BCUT2D eigenvalue weighted by Crippen LogP contribution is 2.61. The second kappa shape index (κ2) is 3.74. The molecule has 1 aliphatic carbocycles. The molecule has 0 bridgehead atoms. The molecule has 3 rings (SSSR count). The number of nitrogens with one attached hydrogen (secondary N) is 1. The first-order valence-corrected chi connectivity index (χ1v) is 6.69. The Balaban J connectivity index is 1.56. The lowest BCUT2D eigenvalue weighted by molar-refractivity contribution is 0.179. The van der Waals surface area contributed by atoms with Crippen molar-refractivity contribution in [1.29, 1.82) is 0 Å². The van der Waals surface area contributed by atoms with Gasteiger partial charge in [0.05, 0.1) is 0 Å². The molecule has 0 amide bonds. The van der Waals surface area contributed by atoms with Crippen LogP contribution in [0.25, 0.3) is 0 Å². The summed E-state index contributed by atoms with van der Waals surface area (Å²) in [4.78, 5) is 2.49. The zero-order valence-corrected chi connectivity index (χ0v) is 9.97. The minimum atomic E-state index is 0.763. The highest BCUT2D eigenvalue weighted by molar-refractivity contribution is 5.07. The Hall–Kier alpha value is -0.0800. The minimum Gasteiger partial charge on any atom is -0.316 e. The number of hydrogen-bond acceptors (Lipinski definition) is 2. The third kappa shape index (κ3) is 1.83. The standard InChI is InChI=1S/C13H24N2/c1-15-7-3-11(4-8-15)12-9-13(12)5-2-6-14-10-13/h11-12,14H,2-10H2,1H3. The average Bonchev–Trinajstić information content (AvgIpc) is 2.94. The Kier molecular flexibility index (Phi) is 2.52. The van der Waals surface area contributed by atoms with E-state index < -0.39 is 0 Å². The van der Waals surface area contributed by atoms with Crippen molar-refractivity contribution in [3.05, 3.63) is 0 Å². The summed E-state index contributed by atoms with van der Waals surface area (Å²) in [5, 5.41) is 3.60. The number of piperidine rings is 2. The van der Waals surface area contributed by atoms with Crippen molar-refractivity contribution in [3.8, 4) is 0 Å². The molecule has 2 nitrogen and oxygen atoms in total. The molecular formula is C13H24N2. The summed E-state index contributed by atoms with van der Waals surface area (Å²) < 4.78 is 0. The van der Waals surface area contributed by atoms with Crippen LogP contribution in [0.1, 0.15) is 32.1 Å². The Morgan fingerprint density at radius 1 is 1.27 bits per heavy atom. The van der Waals surface area contributed by atoms with Crippen molar-refractivity contribution in [2.45, 2.75) is 32.1 Å². The summed E-state index contributed by atoms with van der Waals surface area (Å²) in [6, 6.07) is 0. The molecule has 2 unspecified atom stereocenters. The van der Waals surface area contributed by atoms with E-state index in [-0.39, 0.29) is 0 Å². The maximum Gasteiger partial charge on any atom is 0.00107 e. The highest BCUT2D eigenvalue weighted by atomic mass is 15.1. The van der Waals surface area contributed by atoms with Crippen LogP contribution >= 0.6 is 0 Å². The van der Waals surface area contributed by atoms with Gasteiger partial charge in [0.1, 0.15) is 0 Å². The van der Waals surface area contributed by atoms with Crippen LogP contribution in [-0.4, -0.2) is 38.1 Å². The van der Waals surface area contributed by atoms with Crippen LogP contribution in [0.5, 0.6) is 0 Å². The van der Waals surface area contributed by atoms with Crippen molar-refractivity contribution < 1.29 is 0 Å². The smallest absolute Gasteiger partial charge is 0.00107 e. The molecule has 1 spiro atoms. The largest absolute Gasteiger partial charge is 0.316 e. The first kappa shape index (κ1) is 10.1. The third-order valence-corrected chi connectivity index (χ3v) is 5.09. The van der Waals surface area contributed by atoms with Crippen LogP contribution < -0.4 is 5.32 Å². The molecule has 15 heavy (non-hydrogen) atoms. The predicted octanol–water partition coefficient (Wildman–Crippen LogP) is 1.72. The van der Waals surface area contributed by atoms with Gasteiger partial charge in [-0.2, -0.15) is 0 Å². The molecule has 3 fully saturated rings.